The topological polar surface area (TPSA) is 58.0 Å². The summed E-state index contributed by atoms with van der Waals surface area (Å²) < 4.78 is 6.01. The lowest BCUT2D eigenvalue weighted by Gasteiger charge is -2.29. The molecule has 0 spiro atoms. The molecule has 1 fully saturated rings. The monoisotopic (exact) mass is 343 g/mol. The van der Waals surface area contributed by atoms with Gasteiger partial charge in [0.05, 0.1) is 5.56 Å². The largest absolute Gasteiger partial charge is 0.438 e. The molecule has 0 atom stereocenters. The fraction of sp³-hybridized carbons (Fsp3) is 0.333. The van der Waals surface area contributed by atoms with Gasteiger partial charge >= 0.3 is 0 Å². The van der Waals surface area contributed by atoms with Crippen LogP contribution in [0, 0.1) is 13.8 Å². The molecule has 1 N–H and O–H groups in total. The number of nitrogens with zero attached hydrogens (tertiary/aromatic N) is 3. The zero-order valence-corrected chi connectivity index (χ0v) is 14.7. The van der Waals surface area contributed by atoms with Crippen LogP contribution in [0.2, 0.25) is 0 Å². The minimum absolute atomic E-state index is 0.464. The number of aromatic nitrogens is 1. The van der Waals surface area contributed by atoms with Gasteiger partial charge < -0.3 is 14.8 Å². The van der Waals surface area contributed by atoms with Gasteiger partial charge in [0.1, 0.15) is 5.75 Å². The predicted molar refractivity (Wildman–Crippen MR) is 97.4 cm³/mol. The third-order valence-corrected chi connectivity index (χ3v) is 4.79. The molecular formula is C18H21N3O2S. The molecule has 0 unspecified atom stereocenters. The van der Waals surface area contributed by atoms with E-state index >= 15 is 0 Å². The Labute approximate surface area is 146 Å². The molecule has 3 rings (SSSR count). The van der Waals surface area contributed by atoms with E-state index in [-0.39, 0.29) is 0 Å². The first kappa shape index (κ1) is 16.6. The predicted octanol–water partition coefficient (Wildman–Crippen LogP) is 3.68. The molecule has 1 aliphatic rings. The van der Waals surface area contributed by atoms with Crippen LogP contribution in [-0.4, -0.2) is 45.5 Å². The molecule has 6 heteroatoms. The Morgan fingerprint density at radius 2 is 2.00 bits per heavy atom. The average molecular weight is 343 g/mol. The molecule has 2 heterocycles. The summed E-state index contributed by atoms with van der Waals surface area (Å²) in [6.45, 7) is 5.63. The summed E-state index contributed by atoms with van der Waals surface area (Å²) in [5.74, 6) is 3.75. The molecule has 24 heavy (non-hydrogen) atoms. The van der Waals surface area contributed by atoms with E-state index in [9.17, 15) is 5.21 Å². The molecule has 0 radical (unpaired) electrons. The molecular weight excluding hydrogens is 322 g/mol. The summed E-state index contributed by atoms with van der Waals surface area (Å²) in [7, 11) is 0. The maximum absolute atomic E-state index is 9.59. The Morgan fingerprint density at radius 1 is 1.21 bits per heavy atom. The molecule has 0 aliphatic carbocycles. The number of pyridine rings is 1. The lowest BCUT2D eigenvalue weighted by molar-refractivity contribution is 0.303. The van der Waals surface area contributed by atoms with Crippen LogP contribution in [0.25, 0.3) is 0 Å². The van der Waals surface area contributed by atoms with Crippen LogP contribution in [0.15, 0.2) is 41.6 Å². The summed E-state index contributed by atoms with van der Waals surface area (Å²) in [6.07, 6.45) is 0. The number of ether oxygens (including phenoxy) is 1. The van der Waals surface area contributed by atoms with E-state index in [0.717, 1.165) is 41.6 Å². The number of rotatable bonds is 3. The fourth-order valence-corrected chi connectivity index (χ4v) is 3.54. The summed E-state index contributed by atoms with van der Waals surface area (Å²) in [4.78, 5) is 6.59. The number of hydrogen-bond donors (Lipinski definition) is 1. The van der Waals surface area contributed by atoms with Gasteiger partial charge in [0, 0.05) is 30.3 Å². The third kappa shape index (κ3) is 3.82. The molecule has 126 valence electrons. The standard InChI is InChI=1S/C18H21N3O2S/c1-13-4-3-5-15(12-13)23-18-16(7-6-14(2)19-18)17(20-22)21-8-10-24-11-9-21/h3-7,12,22H,8-11H2,1-2H3/b20-17-. The molecule has 0 bridgehead atoms. The van der Waals surface area contributed by atoms with Gasteiger partial charge in [0.15, 0.2) is 5.84 Å². The Bertz CT molecular complexity index is 743. The summed E-state index contributed by atoms with van der Waals surface area (Å²) in [5.41, 5.74) is 2.68. The van der Waals surface area contributed by atoms with Crippen LogP contribution in [0.5, 0.6) is 11.6 Å². The highest BCUT2D eigenvalue weighted by molar-refractivity contribution is 7.99. The molecule has 1 aliphatic heterocycles. The Morgan fingerprint density at radius 3 is 2.71 bits per heavy atom. The van der Waals surface area contributed by atoms with Gasteiger partial charge in [-0.15, -0.1) is 0 Å². The van der Waals surface area contributed by atoms with Crippen molar-refractivity contribution in [2.45, 2.75) is 13.8 Å². The van der Waals surface area contributed by atoms with Gasteiger partial charge in [-0.3, -0.25) is 0 Å². The van der Waals surface area contributed by atoms with E-state index in [0.29, 0.717) is 17.3 Å². The van der Waals surface area contributed by atoms with Gasteiger partial charge in [-0.2, -0.15) is 11.8 Å². The molecule has 5 nitrogen and oxygen atoms in total. The second-order valence-corrected chi connectivity index (χ2v) is 6.97. The summed E-state index contributed by atoms with van der Waals surface area (Å²) in [5, 5.41) is 13.1. The SMILES string of the molecule is Cc1cccc(Oc2nc(C)ccc2/C(=N/O)N2CCSCC2)c1. The Kier molecular flexibility index (Phi) is 5.25. The zero-order valence-electron chi connectivity index (χ0n) is 13.9. The van der Waals surface area contributed by atoms with Crippen molar-refractivity contribution < 1.29 is 9.94 Å². The van der Waals surface area contributed by atoms with E-state index in [1.807, 2.05) is 62.0 Å². The quantitative estimate of drug-likeness (QED) is 0.399. The van der Waals surface area contributed by atoms with Crippen LogP contribution in [0.1, 0.15) is 16.8 Å². The number of aryl methyl sites for hydroxylation is 2. The lowest BCUT2D eigenvalue weighted by Crippen LogP contribution is -2.38. The van der Waals surface area contributed by atoms with Crippen LogP contribution < -0.4 is 4.74 Å². The second kappa shape index (κ2) is 7.57. The number of thioether (sulfide) groups is 1. The highest BCUT2D eigenvalue weighted by Gasteiger charge is 2.22. The molecule has 0 amide bonds. The van der Waals surface area contributed by atoms with Crippen molar-refractivity contribution in [3.63, 3.8) is 0 Å². The zero-order chi connectivity index (χ0) is 16.9. The smallest absolute Gasteiger partial charge is 0.230 e. The maximum atomic E-state index is 9.59. The van der Waals surface area contributed by atoms with Crippen LogP contribution in [-0.2, 0) is 0 Å². The molecule has 1 saturated heterocycles. The van der Waals surface area contributed by atoms with Crippen molar-refractivity contribution >= 4 is 17.6 Å². The Balaban J connectivity index is 1.95. The van der Waals surface area contributed by atoms with Crippen LogP contribution in [0.3, 0.4) is 0 Å². The van der Waals surface area contributed by atoms with Gasteiger partial charge in [0.2, 0.25) is 5.88 Å². The molecule has 2 aromatic rings. The molecule has 1 aromatic carbocycles. The van der Waals surface area contributed by atoms with E-state index in [4.69, 9.17) is 4.74 Å². The first-order valence-electron chi connectivity index (χ1n) is 7.94. The van der Waals surface area contributed by atoms with Crippen molar-refractivity contribution in [3.05, 3.63) is 53.2 Å². The minimum atomic E-state index is 0.464. The van der Waals surface area contributed by atoms with Crippen molar-refractivity contribution in [3.8, 4) is 11.6 Å². The van der Waals surface area contributed by atoms with Crippen molar-refractivity contribution in [1.29, 1.82) is 0 Å². The number of amidine groups is 1. The van der Waals surface area contributed by atoms with Crippen molar-refractivity contribution in [2.75, 3.05) is 24.6 Å². The van der Waals surface area contributed by atoms with Gasteiger partial charge in [0.25, 0.3) is 0 Å². The summed E-state index contributed by atoms with van der Waals surface area (Å²) in [6, 6.07) is 11.6. The molecule has 1 aromatic heterocycles. The summed E-state index contributed by atoms with van der Waals surface area (Å²) >= 11 is 1.91. The lowest BCUT2D eigenvalue weighted by atomic mass is 10.2. The van der Waals surface area contributed by atoms with Gasteiger partial charge in [-0.25, -0.2) is 4.98 Å². The Hall–Kier alpha value is -2.21. The van der Waals surface area contributed by atoms with E-state index in [2.05, 4.69) is 15.0 Å². The van der Waals surface area contributed by atoms with Crippen molar-refractivity contribution in [2.24, 2.45) is 5.16 Å². The average Bonchev–Trinajstić information content (AvgIpc) is 2.58. The number of benzene rings is 1. The maximum Gasteiger partial charge on any atom is 0.230 e. The van der Waals surface area contributed by atoms with Gasteiger partial charge in [-0.05, 0) is 43.7 Å². The molecule has 0 saturated carbocycles. The highest BCUT2D eigenvalue weighted by Crippen LogP contribution is 2.26. The van der Waals surface area contributed by atoms with Gasteiger partial charge in [-0.1, -0.05) is 17.3 Å². The van der Waals surface area contributed by atoms with E-state index in [1.165, 1.54) is 0 Å². The first-order chi connectivity index (χ1) is 11.7. The second-order valence-electron chi connectivity index (χ2n) is 5.75. The fourth-order valence-electron chi connectivity index (χ4n) is 2.63. The van der Waals surface area contributed by atoms with E-state index in [1.54, 1.807) is 0 Å². The first-order valence-corrected chi connectivity index (χ1v) is 9.10. The van der Waals surface area contributed by atoms with E-state index < -0.39 is 0 Å². The highest BCUT2D eigenvalue weighted by atomic mass is 32.2. The van der Waals surface area contributed by atoms with Crippen LogP contribution >= 0.6 is 11.8 Å². The minimum Gasteiger partial charge on any atom is -0.438 e. The number of oxime groups is 1. The normalized spacial score (nSPS) is 15.4. The number of hydrogen-bond acceptors (Lipinski definition) is 5. The van der Waals surface area contributed by atoms with Crippen molar-refractivity contribution in [1.82, 2.24) is 9.88 Å². The van der Waals surface area contributed by atoms with Crippen LogP contribution in [0.4, 0.5) is 0 Å². The third-order valence-electron chi connectivity index (χ3n) is 3.85.